The van der Waals surface area contributed by atoms with Gasteiger partial charge in [-0.15, -0.1) is 0 Å². The summed E-state index contributed by atoms with van der Waals surface area (Å²) < 4.78 is 26.3. The van der Waals surface area contributed by atoms with Crippen molar-refractivity contribution in [3.63, 3.8) is 0 Å². The number of alkyl halides is 1. The molecule has 1 rings (SSSR count). The smallest absolute Gasteiger partial charge is 0.146 e. The van der Waals surface area contributed by atoms with Gasteiger partial charge in [0.1, 0.15) is 11.5 Å². The largest absolute Gasteiger partial charge is 0.238 e. The maximum Gasteiger partial charge on any atom is 0.146 e. The SMILES string of the molecule is CC(F)(CC#N)c1cccc(F)c1. The number of rotatable bonds is 2. The molecule has 3 heteroatoms. The molecule has 0 heterocycles. The fourth-order valence-corrected chi connectivity index (χ4v) is 1.06. The quantitative estimate of drug-likeness (QED) is 0.688. The van der Waals surface area contributed by atoms with Crippen molar-refractivity contribution in [1.29, 1.82) is 5.26 Å². The summed E-state index contributed by atoms with van der Waals surface area (Å²) in [4.78, 5) is 0. The number of nitriles is 1. The second-order valence-corrected chi connectivity index (χ2v) is 3.04. The maximum atomic E-state index is 13.6. The predicted molar refractivity (Wildman–Crippen MR) is 45.1 cm³/mol. The molecule has 0 aliphatic rings. The third-order valence-electron chi connectivity index (χ3n) is 1.84. The van der Waals surface area contributed by atoms with E-state index in [1.807, 2.05) is 0 Å². The van der Waals surface area contributed by atoms with Gasteiger partial charge in [0.15, 0.2) is 0 Å². The van der Waals surface area contributed by atoms with Gasteiger partial charge in [0.05, 0.1) is 12.5 Å². The Bertz CT molecular complexity index is 339. The highest BCUT2D eigenvalue weighted by molar-refractivity contribution is 5.23. The van der Waals surface area contributed by atoms with Crippen LogP contribution in [0.25, 0.3) is 0 Å². The number of hydrogen-bond donors (Lipinski definition) is 0. The Morgan fingerprint density at radius 1 is 1.54 bits per heavy atom. The normalized spacial score (nSPS) is 14.6. The first-order valence-corrected chi connectivity index (χ1v) is 3.88. The van der Waals surface area contributed by atoms with Gasteiger partial charge in [0.25, 0.3) is 0 Å². The molecule has 1 atom stereocenters. The summed E-state index contributed by atoms with van der Waals surface area (Å²) in [6.45, 7) is 1.27. The van der Waals surface area contributed by atoms with Gasteiger partial charge in [-0.2, -0.15) is 5.26 Å². The Kier molecular flexibility index (Phi) is 2.62. The van der Waals surface area contributed by atoms with E-state index in [2.05, 4.69) is 0 Å². The van der Waals surface area contributed by atoms with Gasteiger partial charge in [-0.3, -0.25) is 0 Å². The molecule has 0 aromatic heterocycles. The van der Waals surface area contributed by atoms with Gasteiger partial charge in [0.2, 0.25) is 0 Å². The van der Waals surface area contributed by atoms with E-state index in [9.17, 15) is 8.78 Å². The molecular formula is C10H9F2N. The molecule has 0 aliphatic carbocycles. The summed E-state index contributed by atoms with van der Waals surface area (Å²) in [7, 11) is 0. The molecule has 0 fully saturated rings. The Balaban J connectivity index is 3.01. The van der Waals surface area contributed by atoms with Crippen molar-refractivity contribution in [2.45, 2.75) is 19.0 Å². The van der Waals surface area contributed by atoms with Crippen molar-refractivity contribution in [2.24, 2.45) is 0 Å². The van der Waals surface area contributed by atoms with Crippen molar-refractivity contribution in [3.05, 3.63) is 35.6 Å². The van der Waals surface area contributed by atoms with Gasteiger partial charge >= 0.3 is 0 Å². The van der Waals surface area contributed by atoms with E-state index in [4.69, 9.17) is 5.26 Å². The van der Waals surface area contributed by atoms with Gasteiger partial charge in [-0.25, -0.2) is 8.78 Å². The molecule has 1 aromatic carbocycles. The second kappa shape index (κ2) is 3.53. The summed E-state index contributed by atoms with van der Waals surface area (Å²) in [6, 6.07) is 6.98. The molecule has 0 amide bonds. The Hall–Kier alpha value is -1.43. The fraction of sp³-hybridized carbons (Fsp3) is 0.300. The first kappa shape index (κ1) is 9.66. The zero-order chi connectivity index (χ0) is 9.90. The van der Waals surface area contributed by atoms with Crippen LogP contribution in [0.5, 0.6) is 0 Å². The van der Waals surface area contributed by atoms with Crippen LogP contribution in [-0.2, 0) is 5.67 Å². The number of benzene rings is 1. The van der Waals surface area contributed by atoms with Crippen molar-refractivity contribution >= 4 is 0 Å². The highest BCUT2D eigenvalue weighted by atomic mass is 19.1. The maximum absolute atomic E-state index is 13.6. The number of nitrogens with zero attached hydrogens (tertiary/aromatic N) is 1. The molecule has 0 aliphatic heterocycles. The topological polar surface area (TPSA) is 23.8 Å². The lowest BCUT2D eigenvalue weighted by Gasteiger charge is -2.16. The molecule has 0 N–H and O–H groups in total. The van der Waals surface area contributed by atoms with Crippen molar-refractivity contribution in [3.8, 4) is 6.07 Å². The molecule has 0 saturated carbocycles. The van der Waals surface area contributed by atoms with Crippen LogP contribution in [0, 0.1) is 17.1 Å². The minimum Gasteiger partial charge on any atom is -0.238 e. The minimum atomic E-state index is -1.77. The van der Waals surface area contributed by atoms with E-state index in [-0.39, 0.29) is 12.0 Å². The first-order chi connectivity index (χ1) is 6.06. The second-order valence-electron chi connectivity index (χ2n) is 3.04. The van der Waals surface area contributed by atoms with Crippen LogP contribution in [-0.4, -0.2) is 0 Å². The molecule has 68 valence electrons. The lowest BCUT2D eigenvalue weighted by atomic mass is 9.95. The van der Waals surface area contributed by atoms with Gasteiger partial charge < -0.3 is 0 Å². The van der Waals surface area contributed by atoms with Crippen molar-refractivity contribution in [2.75, 3.05) is 0 Å². The fourth-order valence-electron chi connectivity index (χ4n) is 1.06. The van der Waals surface area contributed by atoms with Crippen molar-refractivity contribution < 1.29 is 8.78 Å². The monoisotopic (exact) mass is 181 g/mol. The van der Waals surface area contributed by atoms with Crippen LogP contribution in [0.3, 0.4) is 0 Å². The molecule has 0 saturated heterocycles. The van der Waals surface area contributed by atoms with Gasteiger partial charge in [-0.05, 0) is 24.6 Å². The van der Waals surface area contributed by atoms with E-state index in [1.165, 1.54) is 25.1 Å². The van der Waals surface area contributed by atoms with Crippen LogP contribution in [0.2, 0.25) is 0 Å². The highest BCUT2D eigenvalue weighted by Crippen LogP contribution is 2.28. The zero-order valence-electron chi connectivity index (χ0n) is 7.22. The van der Waals surface area contributed by atoms with Crippen LogP contribution < -0.4 is 0 Å². The summed E-state index contributed by atoms with van der Waals surface area (Å²) in [5.41, 5.74) is -1.56. The Morgan fingerprint density at radius 3 is 2.77 bits per heavy atom. The van der Waals surface area contributed by atoms with E-state index in [0.717, 1.165) is 6.07 Å². The van der Waals surface area contributed by atoms with Crippen LogP contribution in [0.1, 0.15) is 18.9 Å². The summed E-state index contributed by atoms with van der Waals surface area (Å²) in [5.74, 6) is -0.487. The molecule has 0 radical (unpaired) electrons. The molecule has 0 spiro atoms. The van der Waals surface area contributed by atoms with Crippen LogP contribution >= 0.6 is 0 Å². The van der Waals surface area contributed by atoms with E-state index in [0.29, 0.717) is 0 Å². The van der Waals surface area contributed by atoms with Crippen LogP contribution in [0.15, 0.2) is 24.3 Å². The lowest BCUT2D eigenvalue weighted by molar-refractivity contribution is 0.198. The molecular weight excluding hydrogens is 172 g/mol. The highest BCUT2D eigenvalue weighted by Gasteiger charge is 2.25. The average molecular weight is 181 g/mol. The Morgan fingerprint density at radius 2 is 2.23 bits per heavy atom. The summed E-state index contributed by atoms with van der Waals surface area (Å²) in [5, 5.41) is 8.35. The van der Waals surface area contributed by atoms with Gasteiger partial charge in [-0.1, -0.05) is 12.1 Å². The summed E-state index contributed by atoms with van der Waals surface area (Å²) >= 11 is 0. The van der Waals surface area contributed by atoms with E-state index < -0.39 is 11.5 Å². The minimum absolute atomic E-state index is 0.203. The first-order valence-electron chi connectivity index (χ1n) is 3.88. The third kappa shape index (κ3) is 2.25. The summed E-state index contributed by atoms with van der Waals surface area (Å²) in [6.07, 6.45) is -0.267. The average Bonchev–Trinajstić information content (AvgIpc) is 2.04. The zero-order valence-corrected chi connectivity index (χ0v) is 7.22. The molecule has 1 aromatic rings. The van der Waals surface area contributed by atoms with Crippen LogP contribution in [0.4, 0.5) is 8.78 Å². The molecule has 1 unspecified atom stereocenters. The molecule has 1 nitrogen and oxygen atoms in total. The van der Waals surface area contributed by atoms with Gasteiger partial charge in [0, 0.05) is 0 Å². The molecule has 0 bridgehead atoms. The number of hydrogen-bond acceptors (Lipinski definition) is 1. The standard InChI is InChI=1S/C10H9F2N/c1-10(12,5-6-13)8-3-2-4-9(11)7-8/h2-4,7H,5H2,1H3. The lowest BCUT2D eigenvalue weighted by Crippen LogP contribution is -2.14. The van der Waals surface area contributed by atoms with E-state index >= 15 is 0 Å². The third-order valence-corrected chi connectivity index (χ3v) is 1.84. The molecule has 13 heavy (non-hydrogen) atoms. The van der Waals surface area contributed by atoms with Crippen molar-refractivity contribution in [1.82, 2.24) is 0 Å². The Labute approximate surface area is 75.6 Å². The number of halogens is 2. The predicted octanol–water partition coefficient (Wildman–Crippen LogP) is 2.92. The van der Waals surface area contributed by atoms with E-state index in [1.54, 1.807) is 6.07 Å².